The van der Waals surface area contributed by atoms with Crippen molar-refractivity contribution in [1.82, 2.24) is 15.3 Å². The van der Waals surface area contributed by atoms with Gasteiger partial charge >= 0.3 is 6.01 Å². The first-order chi connectivity index (χ1) is 14.7. The van der Waals surface area contributed by atoms with Crippen LogP contribution in [0.4, 0.5) is 5.69 Å². The number of rotatable bonds is 8. The van der Waals surface area contributed by atoms with E-state index < -0.39 is 0 Å². The van der Waals surface area contributed by atoms with Crippen molar-refractivity contribution in [3.8, 4) is 29.1 Å². The first-order valence-corrected chi connectivity index (χ1v) is 10.2. The lowest BCUT2D eigenvalue weighted by molar-refractivity contribution is 0.406. The van der Waals surface area contributed by atoms with Crippen molar-refractivity contribution >= 4 is 17.3 Å². The fourth-order valence-electron chi connectivity index (χ4n) is 3.15. The molecule has 1 atom stereocenters. The number of hydrogen-bond donors (Lipinski definition) is 2. The molecule has 0 amide bonds. The number of benzene rings is 2. The van der Waals surface area contributed by atoms with E-state index in [9.17, 15) is 0 Å². The van der Waals surface area contributed by atoms with Gasteiger partial charge in [0.1, 0.15) is 22.9 Å². The summed E-state index contributed by atoms with van der Waals surface area (Å²) in [5.41, 5.74) is 0.693. The van der Waals surface area contributed by atoms with Gasteiger partial charge in [-0.2, -0.15) is 4.98 Å². The largest absolute Gasteiger partial charge is 0.497 e. The van der Waals surface area contributed by atoms with Crippen LogP contribution in [0.1, 0.15) is 12.8 Å². The van der Waals surface area contributed by atoms with Gasteiger partial charge in [0.15, 0.2) is 0 Å². The normalized spacial score (nSPS) is 15.6. The number of methoxy groups -OCH3 is 1. The Hall–Kier alpha value is -3.03. The topological polar surface area (TPSA) is 77.5 Å². The summed E-state index contributed by atoms with van der Waals surface area (Å²) in [7, 11) is 1.62. The molecular weight excluding hydrogens is 404 g/mol. The fraction of sp³-hybridized carbons (Fsp3) is 0.273. The van der Waals surface area contributed by atoms with Gasteiger partial charge in [0, 0.05) is 17.6 Å². The third-order valence-corrected chi connectivity index (χ3v) is 4.95. The van der Waals surface area contributed by atoms with E-state index in [1.54, 1.807) is 37.6 Å². The van der Waals surface area contributed by atoms with Crippen molar-refractivity contribution in [2.75, 3.05) is 25.5 Å². The molecule has 2 aromatic carbocycles. The maximum absolute atomic E-state index is 6.03. The summed E-state index contributed by atoms with van der Waals surface area (Å²) in [6.07, 6.45) is 3.99. The number of ether oxygens (including phenoxy) is 3. The Morgan fingerprint density at radius 3 is 2.67 bits per heavy atom. The zero-order valence-electron chi connectivity index (χ0n) is 16.6. The van der Waals surface area contributed by atoms with Crippen molar-refractivity contribution < 1.29 is 14.2 Å². The second kappa shape index (κ2) is 9.65. The molecule has 7 nitrogen and oxygen atoms in total. The van der Waals surface area contributed by atoms with Crippen LogP contribution in [-0.2, 0) is 0 Å². The van der Waals surface area contributed by atoms with Gasteiger partial charge in [-0.1, -0.05) is 17.7 Å². The second-order valence-electron chi connectivity index (χ2n) is 6.88. The standard InChI is InChI=1S/C22H23ClN4O3/c1-28-17-7-9-18(10-8-17)29-21-20(25-13-16-5-3-11-24-16)14-26-22(27-21)30-19-6-2-4-15(23)12-19/h2,4,6-10,12,14,16,24-25H,3,5,11,13H2,1H3/t16-/m0/s1. The molecule has 0 bridgehead atoms. The van der Waals surface area contributed by atoms with E-state index in [4.69, 9.17) is 25.8 Å². The van der Waals surface area contributed by atoms with Gasteiger partial charge in [0.05, 0.1) is 13.3 Å². The minimum absolute atomic E-state index is 0.172. The van der Waals surface area contributed by atoms with E-state index in [0.717, 1.165) is 25.3 Å². The molecule has 0 spiro atoms. The summed E-state index contributed by atoms with van der Waals surface area (Å²) in [5.74, 6) is 2.31. The minimum atomic E-state index is 0.172. The molecule has 30 heavy (non-hydrogen) atoms. The van der Waals surface area contributed by atoms with Gasteiger partial charge in [0.2, 0.25) is 5.88 Å². The quantitative estimate of drug-likeness (QED) is 0.531. The zero-order chi connectivity index (χ0) is 20.8. The highest BCUT2D eigenvalue weighted by Gasteiger charge is 2.16. The number of nitrogens with zero attached hydrogens (tertiary/aromatic N) is 2. The molecule has 3 aromatic rings. The van der Waals surface area contributed by atoms with E-state index in [-0.39, 0.29) is 6.01 Å². The van der Waals surface area contributed by atoms with Gasteiger partial charge in [-0.3, -0.25) is 0 Å². The lowest BCUT2D eigenvalue weighted by Crippen LogP contribution is -2.29. The fourth-order valence-corrected chi connectivity index (χ4v) is 3.33. The molecule has 0 aliphatic carbocycles. The third-order valence-electron chi connectivity index (χ3n) is 4.71. The van der Waals surface area contributed by atoms with Gasteiger partial charge < -0.3 is 24.8 Å². The summed E-state index contributed by atoms with van der Waals surface area (Å²) in [6, 6.07) is 15.0. The molecule has 0 unspecified atom stereocenters. The van der Waals surface area contributed by atoms with E-state index in [2.05, 4.69) is 20.6 Å². The smallest absolute Gasteiger partial charge is 0.325 e. The predicted molar refractivity (Wildman–Crippen MR) is 116 cm³/mol. The SMILES string of the molecule is COc1ccc(Oc2nc(Oc3cccc(Cl)c3)ncc2NC[C@@H]2CCCN2)cc1. The van der Waals surface area contributed by atoms with E-state index in [0.29, 0.717) is 34.1 Å². The molecule has 1 aliphatic heterocycles. The van der Waals surface area contributed by atoms with Crippen molar-refractivity contribution in [3.05, 3.63) is 59.8 Å². The van der Waals surface area contributed by atoms with Crippen LogP contribution in [0.2, 0.25) is 5.02 Å². The average Bonchev–Trinajstić information content (AvgIpc) is 3.27. The van der Waals surface area contributed by atoms with Crippen LogP contribution in [0, 0.1) is 0 Å². The molecular formula is C22H23ClN4O3. The van der Waals surface area contributed by atoms with Crippen LogP contribution in [0.5, 0.6) is 29.1 Å². The second-order valence-corrected chi connectivity index (χ2v) is 7.32. The van der Waals surface area contributed by atoms with Gasteiger partial charge in [-0.15, -0.1) is 0 Å². The molecule has 0 saturated carbocycles. The average molecular weight is 427 g/mol. The maximum atomic E-state index is 6.03. The first-order valence-electron chi connectivity index (χ1n) is 9.79. The Labute approximate surface area is 180 Å². The number of aromatic nitrogens is 2. The Morgan fingerprint density at radius 1 is 1.10 bits per heavy atom. The molecule has 2 heterocycles. The summed E-state index contributed by atoms with van der Waals surface area (Å²) >= 11 is 6.03. The Balaban J connectivity index is 1.55. The number of halogens is 1. The molecule has 2 N–H and O–H groups in total. The van der Waals surface area contributed by atoms with Gasteiger partial charge in [-0.05, 0) is 61.9 Å². The molecule has 8 heteroatoms. The summed E-state index contributed by atoms with van der Waals surface area (Å²) in [5, 5.41) is 7.42. The van der Waals surface area contributed by atoms with E-state index in [1.807, 2.05) is 24.3 Å². The number of hydrogen-bond acceptors (Lipinski definition) is 7. The van der Waals surface area contributed by atoms with E-state index >= 15 is 0 Å². The highest BCUT2D eigenvalue weighted by atomic mass is 35.5. The lowest BCUT2D eigenvalue weighted by atomic mass is 10.2. The van der Waals surface area contributed by atoms with Crippen LogP contribution < -0.4 is 24.8 Å². The Morgan fingerprint density at radius 2 is 1.93 bits per heavy atom. The third kappa shape index (κ3) is 5.31. The molecule has 1 saturated heterocycles. The van der Waals surface area contributed by atoms with Crippen LogP contribution >= 0.6 is 11.6 Å². The van der Waals surface area contributed by atoms with E-state index in [1.165, 1.54) is 6.42 Å². The molecule has 1 aromatic heterocycles. The van der Waals surface area contributed by atoms with Crippen molar-refractivity contribution in [2.24, 2.45) is 0 Å². The first kappa shape index (κ1) is 20.3. The highest BCUT2D eigenvalue weighted by Crippen LogP contribution is 2.31. The van der Waals surface area contributed by atoms with Crippen LogP contribution in [0.3, 0.4) is 0 Å². The molecule has 1 aliphatic rings. The summed E-state index contributed by atoms with van der Waals surface area (Å²) < 4.78 is 17.0. The minimum Gasteiger partial charge on any atom is -0.497 e. The Kier molecular flexibility index (Phi) is 6.51. The lowest BCUT2D eigenvalue weighted by Gasteiger charge is -2.16. The van der Waals surface area contributed by atoms with Crippen molar-refractivity contribution in [2.45, 2.75) is 18.9 Å². The molecule has 156 valence electrons. The molecule has 1 fully saturated rings. The van der Waals surface area contributed by atoms with Crippen LogP contribution in [0.15, 0.2) is 54.7 Å². The highest BCUT2D eigenvalue weighted by molar-refractivity contribution is 6.30. The van der Waals surface area contributed by atoms with Crippen LogP contribution in [0.25, 0.3) is 0 Å². The number of anilines is 1. The number of nitrogens with one attached hydrogen (secondary N) is 2. The summed E-state index contributed by atoms with van der Waals surface area (Å²) in [4.78, 5) is 8.79. The predicted octanol–water partition coefficient (Wildman–Crippen LogP) is 4.89. The maximum Gasteiger partial charge on any atom is 0.325 e. The van der Waals surface area contributed by atoms with Crippen LogP contribution in [-0.4, -0.2) is 36.2 Å². The van der Waals surface area contributed by atoms with Crippen molar-refractivity contribution in [3.63, 3.8) is 0 Å². The van der Waals surface area contributed by atoms with Crippen molar-refractivity contribution in [1.29, 1.82) is 0 Å². The zero-order valence-corrected chi connectivity index (χ0v) is 17.4. The Bertz CT molecular complexity index is 978. The molecule has 4 rings (SSSR count). The van der Waals surface area contributed by atoms with Gasteiger partial charge in [0.25, 0.3) is 0 Å². The van der Waals surface area contributed by atoms with Gasteiger partial charge in [-0.25, -0.2) is 4.98 Å². The monoisotopic (exact) mass is 426 g/mol. The summed E-state index contributed by atoms with van der Waals surface area (Å²) in [6.45, 7) is 1.81. The molecule has 0 radical (unpaired) electrons.